The number of hydrogen-bond acceptors (Lipinski definition) is 29. The van der Waals surface area contributed by atoms with Gasteiger partial charge in [-0.25, -0.2) is 9.59 Å². The van der Waals surface area contributed by atoms with Gasteiger partial charge < -0.3 is 92.0 Å². The van der Waals surface area contributed by atoms with Gasteiger partial charge in [0.1, 0.15) is 23.9 Å². The van der Waals surface area contributed by atoms with Crippen molar-refractivity contribution < 1.29 is 135 Å². The van der Waals surface area contributed by atoms with Gasteiger partial charge in [-0.3, -0.25) is 91.1 Å². The lowest BCUT2D eigenvalue weighted by Gasteiger charge is -2.31. The fourth-order valence-corrected chi connectivity index (χ4v) is 17.4. The number of aliphatic carboxylic acids is 2. The van der Waals surface area contributed by atoms with Crippen molar-refractivity contribution in [3.8, 4) is 5.75 Å². The van der Waals surface area contributed by atoms with E-state index in [1.807, 2.05) is 0 Å². The number of rotatable bonds is 8. The Morgan fingerprint density at radius 2 is 1.23 bits per heavy atom. The molecule has 13 N–H and O–H groups in total. The molecule has 5 aliphatic heterocycles. The maximum atomic E-state index is 15.3. The summed E-state index contributed by atoms with van der Waals surface area (Å²) < 4.78 is 22.3. The minimum absolute atomic E-state index is 0.0494. The maximum absolute atomic E-state index is 15.3. The molecule has 2 bridgehead atoms. The lowest BCUT2D eigenvalue weighted by atomic mass is 9.84. The van der Waals surface area contributed by atoms with Crippen LogP contribution in [0.5, 0.6) is 5.75 Å². The topological polar surface area (TPSA) is 583 Å². The van der Waals surface area contributed by atoms with Gasteiger partial charge in [0.2, 0.25) is 59.1 Å². The van der Waals surface area contributed by atoms with E-state index in [4.69, 9.17) is 18.9 Å². The number of ether oxygens (including phenoxy) is 4. The zero-order valence-electron chi connectivity index (χ0n) is 70.4. The van der Waals surface area contributed by atoms with Crippen molar-refractivity contribution in [2.24, 2.45) is 35.5 Å². The molecule has 0 radical (unpaired) electrons. The number of carboxylic acids is 2. The van der Waals surface area contributed by atoms with Crippen molar-refractivity contribution in [1.82, 2.24) is 52.4 Å². The zero-order valence-corrected chi connectivity index (χ0v) is 72.8. The van der Waals surface area contributed by atoms with Gasteiger partial charge in [-0.15, -0.1) is 35.3 Å². The first kappa shape index (κ1) is 101. The molecule has 0 aliphatic carbocycles. The second kappa shape index (κ2) is 48.1. The quantitative estimate of drug-likeness (QED) is 0.101. The smallest absolute Gasteiger partial charge is 0.342 e. The number of aliphatic hydroxyl groups excluding tert-OH is 1. The number of anilines is 1. The summed E-state index contributed by atoms with van der Waals surface area (Å²) >= 11 is 2.06. The second-order valence-corrected chi connectivity index (χ2v) is 34.8. The van der Waals surface area contributed by atoms with E-state index in [2.05, 4.69) is 52.8 Å². The van der Waals surface area contributed by atoms with Crippen LogP contribution in [0.2, 0.25) is 0 Å². The highest BCUT2D eigenvalue weighted by atomic mass is 32.2. The first-order chi connectivity index (χ1) is 58.7. The second-order valence-electron chi connectivity index (χ2n) is 31.3. The predicted molar refractivity (Wildman–Crippen MR) is 445 cm³/mol. The molecule has 0 saturated carbocycles. The summed E-state index contributed by atoms with van der Waals surface area (Å²) in [5, 5.41) is 53.9. The van der Waals surface area contributed by atoms with E-state index >= 15 is 14.4 Å². The molecule has 42 heteroatoms. The van der Waals surface area contributed by atoms with E-state index in [1.54, 1.807) is 27.7 Å². The molecule has 2 aromatic rings. The molecule has 124 heavy (non-hydrogen) atoms. The molecule has 6 heterocycles. The monoisotopic (exact) mass is 1790 g/mol. The van der Waals surface area contributed by atoms with Crippen LogP contribution >= 0.6 is 35.3 Å². The molecule has 678 valence electrons. The van der Waals surface area contributed by atoms with Gasteiger partial charge in [0.25, 0.3) is 0 Å². The Labute approximate surface area is 726 Å². The number of ketones is 7. The Hall–Kier alpha value is -10.6. The third-order valence-electron chi connectivity index (χ3n) is 21.8. The predicted octanol–water partition coefficient (Wildman–Crippen LogP) is 1.43. The molecule has 1 aromatic carbocycles. The number of nitrogens with zero attached hydrogens (tertiary/aromatic N) is 1. The molecule has 6 unspecified atom stereocenters. The van der Waals surface area contributed by atoms with E-state index < -0.39 is 307 Å². The number of hydrogen-bond donors (Lipinski definition) is 13. The number of esters is 2. The molecular formula is C82H109N11O28S3. The molecule has 0 spiro atoms. The van der Waals surface area contributed by atoms with E-state index in [-0.39, 0.29) is 102 Å². The number of nitrogens with one attached hydrogen (secondary N) is 10. The average molecular weight is 1790 g/mol. The van der Waals surface area contributed by atoms with Gasteiger partial charge in [-0.1, -0.05) is 54.4 Å². The van der Waals surface area contributed by atoms with Crippen LogP contribution in [0, 0.1) is 35.5 Å². The van der Waals surface area contributed by atoms with Crippen LogP contribution in [0.3, 0.4) is 0 Å². The third-order valence-corrected chi connectivity index (χ3v) is 25.2. The first-order valence-corrected chi connectivity index (χ1v) is 43.9. The van der Waals surface area contributed by atoms with Gasteiger partial charge >= 0.3 is 23.9 Å². The number of fused-ring (bicyclic) bond motifs is 7. The summed E-state index contributed by atoms with van der Waals surface area (Å²) in [6.45, 7) is 9.94. The van der Waals surface area contributed by atoms with Gasteiger partial charge in [0, 0.05) is 137 Å². The Balaban J connectivity index is 1.29. The van der Waals surface area contributed by atoms with Crippen molar-refractivity contribution in [2.45, 2.75) is 224 Å². The van der Waals surface area contributed by atoms with Gasteiger partial charge in [0.15, 0.2) is 40.4 Å². The summed E-state index contributed by atoms with van der Waals surface area (Å²) in [5.41, 5.74) is -0.111. The number of thioether (sulfide) groups is 3. The highest BCUT2D eigenvalue weighted by molar-refractivity contribution is 8.20. The summed E-state index contributed by atoms with van der Waals surface area (Å²) in [4.78, 5) is 298. The number of Topliss-reactive ketones (excluding diaryl/α,β-unsaturated/α-hetero) is 7. The number of aromatic nitrogens is 1. The Morgan fingerprint density at radius 3 is 1.84 bits per heavy atom. The number of carbonyl (C=O) groups excluding carboxylic acids is 19. The highest BCUT2D eigenvalue weighted by Crippen LogP contribution is 2.40. The van der Waals surface area contributed by atoms with Crippen LogP contribution in [0.15, 0.2) is 39.1 Å². The molecular weight excluding hydrogens is 1680 g/mol. The van der Waals surface area contributed by atoms with Crippen molar-refractivity contribution in [3.05, 3.63) is 39.7 Å². The van der Waals surface area contributed by atoms with Crippen molar-refractivity contribution in [1.29, 1.82) is 0 Å². The number of H-pyrrole nitrogens is 1. The van der Waals surface area contributed by atoms with Crippen molar-refractivity contribution in [2.75, 3.05) is 62.8 Å². The summed E-state index contributed by atoms with van der Waals surface area (Å²) in [6, 6.07) is -9.40. The molecule has 1 fully saturated rings. The Kier molecular flexibility index (Phi) is 39.0. The lowest BCUT2D eigenvalue weighted by molar-refractivity contribution is -0.148. The molecule has 1 saturated heterocycles. The molecule has 1 aromatic heterocycles. The van der Waals surface area contributed by atoms with Gasteiger partial charge in [-0.2, -0.15) is 0 Å². The number of carboxylic acid groups (broad SMARTS) is 2. The van der Waals surface area contributed by atoms with Crippen molar-refractivity contribution in [3.63, 3.8) is 0 Å². The number of methoxy groups -OCH3 is 1. The van der Waals surface area contributed by atoms with Crippen LogP contribution in [-0.2, 0) is 121 Å². The zero-order chi connectivity index (χ0) is 91.5. The molecule has 39 nitrogen and oxygen atoms in total. The number of aliphatic hydroxyl groups is 1. The minimum Gasteiger partial charge on any atom is -0.478 e. The van der Waals surface area contributed by atoms with Crippen LogP contribution in [0.25, 0.3) is 10.9 Å². The summed E-state index contributed by atoms with van der Waals surface area (Å²) in [7, 11) is 1.01. The number of benzene rings is 1. The Bertz CT molecular complexity index is 4510. The first-order valence-electron chi connectivity index (χ1n) is 41.0. The lowest BCUT2D eigenvalue weighted by Crippen LogP contribution is -2.59. The van der Waals surface area contributed by atoms with E-state index in [9.17, 15) is 102 Å². The largest absolute Gasteiger partial charge is 0.478 e. The molecule has 10 amide bonds. The van der Waals surface area contributed by atoms with Crippen LogP contribution in [-0.4, -0.2) is 261 Å². The average Bonchev–Trinajstić information content (AvgIpc) is 1.55. The Morgan fingerprint density at radius 1 is 0.613 bits per heavy atom. The summed E-state index contributed by atoms with van der Waals surface area (Å²) in [5.74, 6) is -27.4. The molecule has 7 rings (SSSR count). The van der Waals surface area contributed by atoms with Crippen molar-refractivity contribution >= 4 is 175 Å². The number of aromatic amines is 1. The van der Waals surface area contributed by atoms with Crippen LogP contribution in [0.4, 0.5) is 5.69 Å². The summed E-state index contributed by atoms with van der Waals surface area (Å²) in [6.07, 6.45) is -6.60. The number of allylic oxidation sites excluding steroid dienone is 1. The number of carbonyl (C=O) groups is 21. The molecule has 15 atom stereocenters. The normalized spacial score (nSPS) is 28.2. The van der Waals surface area contributed by atoms with E-state index in [1.165, 1.54) is 39.8 Å². The van der Waals surface area contributed by atoms with Crippen LogP contribution in [0.1, 0.15) is 164 Å². The standard InChI is InChI=1S/C82H109N11O28S3/c1-10-39(3)72-57(97)16-17-65(102)86-53-37-122-79-48(26-45(76(111)83-35-69(106)91-72)27-61(101)73(40(4)11-2)92-78(113)54-28-46(94)36-93(54)80(114)52(88-77(53)112)32-71(109)118-9)47-29-51-62(31-50(47)89-79)121-82(117)42(6)25-59(99)44(8)85-67(104)19-23-120-21-13-15-56(96)74-49(30-60(100)63(34-70(107)108)123-38-124-64(81(115)116)33-68(105)90-74)55(95)14-12-20-119-22-18-66(103)84-43(7)58(98)24-41(5)75(110)87-51/h29,31,33-34,39-46,49,52-54,72-74,89,94H,10-28,30,32,35-38H2,1-9H3,(H,83,111)(H,84,103)(H,85,104)(H,86,102)(H,87,110)(H,88,112)(H,90,105)(H,91,106)(H,92,113)(H,107,108)(H,115,116)/b63-34+,64-33+/t39-,40-,41?,42?,43?,44?,45+,46-,49?,52-,53-,54-,72-,73-,74?/m0/s1. The fourth-order valence-electron chi connectivity index (χ4n) is 14.2. The number of amides is 10. The van der Waals surface area contributed by atoms with Crippen LogP contribution < -0.4 is 52.6 Å². The minimum atomic E-state index is -1.84. The molecule has 5 aliphatic rings. The maximum Gasteiger partial charge on any atom is 0.342 e. The van der Waals surface area contributed by atoms with E-state index in [0.29, 0.717) is 42.1 Å². The van der Waals surface area contributed by atoms with E-state index in [0.717, 1.165) is 23.8 Å². The highest BCUT2D eigenvalue weighted by Gasteiger charge is 2.46. The SMILES string of the molecule is CC[C@H](C)[C@@H]1NC(=O)CNC(=O)[C@H]2CC(=O)[C@H]([C@@H](C)CC)NC(=O)[C@@H]3C[C@H](O)CN3C(=O)[C@H](CC(=O)OC)NC(=O)[C@H](CSc3[nH]c4cc5c(cc4c3C2)NC(=O)C(C)CC(=O)C(C)NC(=O)CCOCCCC(=O)C2CC(=O)/C(=C\C(=O)O)SCS/C(C(=O)O)=C/C(=O)NC2C(=O)CCCOCCC(=O)NC(C)C(=O)CC(C)C(=O)O5)NC(=O)CCC1=O. The van der Waals surface area contributed by atoms with Gasteiger partial charge in [-0.05, 0) is 56.6 Å². The fraction of sp³-hybridized carbons (Fsp3) is 0.598. The third kappa shape index (κ3) is 29.6. The van der Waals surface area contributed by atoms with Gasteiger partial charge in [0.05, 0.1) is 107 Å².